The van der Waals surface area contributed by atoms with E-state index in [0.717, 1.165) is 23.0 Å². The number of aromatic nitrogens is 2. The predicted octanol–water partition coefficient (Wildman–Crippen LogP) is 2.47. The zero-order valence-electron chi connectivity index (χ0n) is 10.2. The van der Waals surface area contributed by atoms with Crippen molar-refractivity contribution in [1.29, 1.82) is 0 Å². The third-order valence-electron chi connectivity index (χ3n) is 2.77. The van der Waals surface area contributed by atoms with Crippen molar-refractivity contribution < 1.29 is 4.74 Å². The van der Waals surface area contributed by atoms with Gasteiger partial charge in [0, 0.05) is 17.9 Å². The van der Waals surface area contributed by atoms with Gasteiger partial charge in [-0.05, 0) is 6.42 Å². The van der Waals surface area contributed by atoms with E-state index in [9.17, 15) is 0 Å². The van der Waals surface area contributed by atoms with Crippen LogP contribution in [-0.4, -0.2) is 30.0 Å². The minimum Gasteiger partial charge on any atom is -0.383 e. The molecule has 0 spiro atoms. The maximum Gasteiger partial charge on any atom is 0.156 e. The van der Waals surface area contributed by atoms with Crippen LogP contribution in [0.25, 0.3) is 10.8 Å². The Morgan fingerprint density at radius 2 is 2.18 bits per heavy atom. The average Bonchev–Trinajstić information content (AvgIpc) is 2.38. The quantitative estimate of drug-likeness (QED) is 0.858. The Morgan fingerprint density at radius 1 is 1.35 bits per heavy atom. The topological polar surface area (TPSA) is 47.0 Å². The molecule has 0 amide bonds. The molecule has 0 aliphatic carbocycles. The number of benzene rings is 1. The van der Waals surface area contributed by atoms with E-state index in [1.54, 1.807) is 13.3 Å². The van der Waals surface area contributed by atoms with Gasteiger partial charge in [-0.3, -0.25) is 0 Å². The predicted molar refractivity (Wildman–Crippen MR) is 69.1 cm³/mol. The molecule has 1 aromatic carbocycles. The zero-order valence-corrected chi connectivity index (χ0v) is 10.2. The SMILES string of the molecule is CCC(COC)Nc1nncc2ccccc12. The molecule has 0 fully saturated rings. The first kappa shape index (κ1) is 11.8. The van der Waals surface area contributed by atoms with Gasteiger partial charge < -0.3 is 10.1 Å². The number of fused-ring (bicyclic) bond motifs is 1. The molecule has 0 bridgehead atoms. The standard InChI is InChI=1S/C13H17N3O/c1-3-11(9-17-2)15-13-12-7-5-4-6-10(12)8-14-16-13/h4-8,11H,3,9H2,1-2H3,(H,15,16). The van der Waals surface area contributed by atoms with Crippen LogP contribution in [0.15, 0.2) is 30.5 Å². The molecule has 4 heteroatoms. The van der Waals surface area contributed by atoms with Crippen LogP contribution in [0.3, 0.4) is 0 Å². The Hall–Kier alpha value is -1.68. The van der Waals surface area contributed by atoms with Gasteiger partial charge in [0.1, 0.15) is 0 Å². The molecule has 0 saturated heterocycles. The van der Waals surface area contributed by atoms with Crippen molar-refractivity contribution >= 4 is 16.6 Å². The van der Waals surface area contributed by atoms with Gasteiger partial charge in [-0.25, -0.2) is 0 Å². The van der Waals surface area contributed by atoms with E-state index in [1.165, 1.54) is 0 Å². The highest BCUT2D eigenvalue weighted by Gasteiger charge is 2.09. The summed E-state index contributed by atoms with van der Waals surface area (Å²) in [5, 5.41) is 13.7. The second kappa shape index (κ2) is 5.59. The van der Waals surface area contributed by atoms with Gasteiger partial charge >= 0.3 is 0 Å². The lowest BCUT2D eigenvalue weighted by atomic mass is 10.1. The lowest BCUT2D eigenvalue weighted by molar-refractivity contribution is 0.184. The highest BCUT2D eigenvalue weighted by atomic mass is 16.5. The lowest BCUT2D eigenvalue weighted by Crippen LogP contribution is -2.24. The van der Waals surface area contributed by atoms with Crippen molar-refractivity contribution in [1.82, 2.24) is 10.2 Å². The fourth-order valence-corrected chi connectivity index (χ4v) is 1.79. The molecular formula is C13H17N3O. The summed E-state index contributed by atoms with van der Waals surface area (Å²) in [5.41, 5.74) is 0. The number of hydrogen-bond donors (Lipinski definition) is 1. The van der Waals surface area contributed by atoms with Gasteiger partial charge in [0.25, 0.3) is 0 Å². The van der Waals surface area contributed by atoms with Gasteiger partial charge in [0.2, 0.25) is 0 Å². The van der Waals surface area contributed by atoms with Crippen LogP contribution >= 0.6 is 0 Å². The fourth-order valence-electron chi connectivity index (χ4n) is 1.79. The van der Waals surface area contributed by atoms with Crippen LogP contribution in [0.2, 0.25) is 0 Å². The van der Waals surface area contributed by atoms with Crippen LogP contribution in [0.1, 0.15) is 13.3 Å². The summed E-state index contributed by atoms with van der Waals surface area (Å²) in [6, 6.07) is 8.35. The molecular weight excluding hydrogens is 214 g/mol. The summed E-state index contributed by atoms with van der Waals surface area (Å²) in [5.74, 6) is 0.826. The maximum absolute atomic E-state index is 5.17. The van der Waals surface area contributed by atoms with Crippen LogP contribution < -0.4 is 5.32 Å². The Morgan fingerprint density at radius 3 is 2.94 bits per heavy atom. The first-order valence-electron chi connectivity index (χ1n) is 5.81. The molecule has 2 rings (SSSR count). The van der Waals surface area contributed by atoms with E-state index in [-0.39, 0.29) is 6.04 Å². The van der Waals surface area contributed by atoms with E-state index in [1.807, 2.05) is 24.3 Å². The second-order valence-electron chi connectivity index (χ2n) is 3.99. The van der Waals surface area contributed by atoms with E-state index in [2.05, 4.69) is 22.4 Å². The summed E-state index contributed by atoms with van der Waals surface area (Å²) < 4.78 is 5.17. The van der Waals surface area contributed by atoms with Crippen molar-refractivity contribution in [2.24, 2.45) is 0 Å². The van der Waals surface area contributed by atoms with Crippen LogP contribution in [-0.2, 0) is 4.74 Å². The van der Waals surface area contributed by atoms with E-state index in [0.29, 0.717) is 6.61 Å². The van der Waals surface area contributed by atoms with Gasteiger partial charge in [-0.2, -0.15) is 5.10 Å². The Bertz CT molecular complexity index is 482. The molecule has 4 nitrogen and oxygen atoms in total. The first-order chi connectivity index (χ1) is 8.35. The fraction of sp³-hybridized carbons (Fsp3) is 0.385. The van der Waals surface area contributed by atoms with Gasteiger partial charge in [0.15, 0.2) is 5.82 Å². The summed E-state index contributed by atoms with van der Waals surface area (Å²) in [4.78, 5) is 0. The molecule has 2 aromatic rings. The van der Waals surface area contributed by atoms with Crippen molar-refractivity contribution in [3.8, 4) is 0 Å². The van der Waals surface area contributed by atoms with E-state index in [4.69, 9.17) is 4.74 Å². The Kier molecular flexibility index (Phi) is 3.88. The number of anilines is 1. The second-order valence-corrected chi connectivity index (χ2v) is 3.99. The van der Waals surface area contributed by atoms with E-state index < -0.39 is 0 Å². The molecule has 1 N–H and O–H groups in total. The largest absolute Gasteiger partial charge is 0.383 e. The van der Waals surface area contributed by atoms with Crippen LogP contribution in [0.5, 0.6) is 0 Å². The van der Waals surface area contributed by atoms with Crippen molar-refractivity contribution in [2.45, 2.75) is 19.4 Å². The Labute approximate surface area is 101 Å². The number of hydrogen-bond acceptors (Lipinski definition) is 4. The van der Waals surface area contributed by atoms with E-state index >= 15 is 0 Å². The zero-order chi connectivity index (χ0) is 12.1. The monoisotopic (exact) mass is 231 g/mol. The highest BCUT2D eigenvalue weighted by Crippen LogP contribution is 2.20. The minimum atomic E-state index is 0.264. The molecule has 0 aliphatic heterocycles. The molecule has 1 atom stereocenters. The lowest BCUT2D eigenvalue weighted by Gasteiger charge is -2.17. The number of nitrogens with one attached hydrogen (secondary N) is 1. The molecule has 17 heavy (non-hydrogen) atoms. The van der Waals surface area contributed by atoms with Crippen LogP contribution in [0.4, 0.5) is 5.82 Å². The average molecular weight is 231 g/mol. The minimum absolute atomic E-state index is 0.264. The molecule has 0 saturated carbocycles. The highest BCUT2D eigenvalue weighted by molar-refractivity contribution is 5.90. The number of rotatable bonds is 5. The van der Waals surface area contributed by atoms with Gasteiger partial charge in [0.05, 0.1) is 18.8 Å². The first-order valence-corrected chi connectivity index (χ1v) is 5.81. The molecule has 1 unspecified atom stereocenters. The third kappa shape index (κ3) is 2.71. The summed E-state index contributed by atoms with van der Waals surface area (Å²) in [7, 11) is 1.71. The van der Waals surface area contributed by atoms with Crippen LogP contribution in [0, 0.1) is 0 Å². The van der Waals surface area contributed by atoms with Crippen molar-refractivity contribution in [3.05, 3.63) is 30.5 Å². The number of nitrogens with zero attached hydrogens (tertiary/aromatic N) is 2. The summed E-state index contributed by atoms with van der Waals surface area (Å²) in [6.45, 7) is 2.79. The summed E-state index contributed by atoms with van der Waals surface area (Å²) >= 11 is 0. The Balaban J connectivity index is 2.28. The molecule has 0 radical (unpaired) electrons. The number of ether oxygens (including phenoxy) is 1. The van der Waals surface area contributed by atoms with Crippen molar-refractivity contribution in [3.63, 3.8) is 0 Å². The van der Waals surface area contributed by atoms with Gasteiger partial charge in [-0.1, -0.05) is 31.2 Å². The molecule has 90 valence electrons. The summed E-state index contributed by atoms with van der Waals surface area (Å²) in [6.07, 6.45) is 2.76. The molecule has 1 heterocycles. The third-order valence-corrected chi connectivity index (χ3v) is 2.77. The maximum atomic E-state index is 5.17. The van der Waals surface area contributed by atoms with Crippen molar-refractivity contribution in [2.75, 3.05) is 19.0 Å². The molecule has 0 aliphatic rings. The van der Waals surface area contributed by atoms with Gasteiger partial charge in [-0.15, -0.1) is 5.10 Å². The molecule has 1 aromatic heterocycles. The number of methoxy groups -OCH3 is 1. The smallest absolute Gasteiger partial charge is 0.156 e. The normalized spacial score (nSPS) is 12.6.